The molecule has 0 aromatic heterocycles. The van der Waals surface area contributed by atoms with E-state index in [0.29, 0.717) is 5.56 Å². The van der Waals surface area contributed by atoms with Gasteiger partial charge in [0.05, 0.1) is 12.5 Å². The molecule has 2 rings (SSSR count). The Balaban J connectivity index is 2.71. The zero-order valence-corrected chi connectivity index (χ0v) is 24.6. The van der Waals surface area contributed by atoms with Gasteiger partial charge in [0.1, 0.15) is 25.4 Å². The third-order valence-corrected chi connectivity index (χ3v) is 5.83. The minimum absolute atomic E-state index is 0.278. The summed E-state index contributed by atoms with van der Waals surface area (Å²) in [5.74, 6) is -8.94. The lowest BCUT2D eigenvalue weighted by molar-refractivity contribution is -0.305. The lowest BCUT2D eigenvalue weighted by Gasteiger charge is -2.48. The summed E-state index contributed by atoms with van der Waals surface area (Å²) >= 11 is 0. The van der Waals surface area contributed by atoms with E-state index in [2.05, 4.69) is 5.32 Å². The van der Waals surface area contributed by atoms with E-state index < -0.39 is 91.0 Å². The van der Waals surface area contributed by atoms with Crippen LogP contribution in [0.15, 0.2) is 30.3 Å². The van der Waals surface area contributed by atoms with Gasteiger partial charge in [0.15, 0.2) is 12.2 Å². The molecule has 1 aliphatic rings. The Kier molecular flexibility index (Phi) is 12.6. The molecule has 0 saturated carbocycles. The van der Waals surface area contributed by atoms with E-state index in [1.54, 1.807) is 30.3 Å². The molecule has 43 heavy (non-hydrogen) atoms. The summed E-state index contributed by atoms with van der Waals surface area (Å²) in [5, 5.41) is 2.53. The van der Waals surface area contributed by atoms with E-state index >= 15 is 0 Å². The third kappa shape index (κ3) is 10.7. The number of hydrogen-bond donors (Lipinski definition) is 1. The van der Waals surface area contributed by atoms with Gasteiger partial charge in [-0.05, 0) is 5.56 Å². The van der Waals surface area contributed by atoms with E-state index in [0.717, 1.165) is 41.5 Å². The molecule has 15 nitrogen and oxygen atoms in total. The van der Waals surface area contributed by atoms with Crippen LogP contribution in [0.25, 0.3) is 0 Å². The molecule has 1 N–H and O–H groups in total. The normalized spacial score (nSPS) is 22.5. The SMILES string of the molecule is CC(=O)N[C@H]1[C@H]([C@H](OC(C)=O)[C@@H](COC(C)=O)OC(C)=O)O[C@](OC(C)=O)(C(=O)OCc2ccccc2)C[C@@H]1OC(C)=O. The fourth-order valence-corrected chi connectivity index (χ4v) is 4.41. The van der Waals surface area contributed by atoms with Crippen molar-refractivity contribution in [2.45, 2.75) is 90.8 Å². The average Bonchev–Trinajstić information content (AvgIpc) is 2.89. The van der Waals surface area contributed by atoms with Gasteiger partial charge in [0.25, 0.3) is 0 Å². The fourth-order valence-electron chi connectivity index (χ4n) is 4.41. The lowest BCUT2D eigenvalue weighted by atomic mass is 9.88. The minimum atomic E-state index is -2.61. The molecule has 1 saturated heterocycles. The Morgan fingerprint density at radius 3 is 1.98 bits per heavy atom. The molecule has 1 fully saturated rings. The van der Waals surface area contributed by atoms with Crippen LogP contribution in [0, 0.1) is 0 Å². The van der Waals surface area contributed by atoms with Crippen LogP contribution < -0.4 is 5.32 Å². The molecule has 1 aromatic rings. The van der Waals surface area contributed by atoms with Crippen molar-refractivity contribution in [1.29, 1.82) is 0 Å². The maximum Gasteiger partial charge on any atom is 0.380 e. The van der Waals surface area contributed by atoms with Crippen LogP contribution in [-0.2, 0) is 73.3 Å². The maximum absolute atomic E-state index is 13.6. The Morgan fingerprint density at radius 1 is 0.837 bits per heavy atom. The molecular formula is C28H35NO14. The summed E-state index contributed by atoms with van der Waals surface area (Å²) in [5.41, 5.74) is 0.572. The smallest absolute Gasteiger partial charge is 0.380 e. The summed E-state index contributed by atoms with van der Waals surface area (Å²) in [6.45, 7) is 5.36. The van der Waals surface area contributed by atoms with Crippen molar-refractivity contribution in [2.24, 2.45) is 0 Å². The number of amides is 1. The molecule has 1 aliphatic heterocycles. The number of esters is 6. The first-order valence-corrected chi connectivity index (χ1v) is 13.1. The van der Waals surface area contributed by atoms with Gasteiger partial charge in [-0.25, -0.2) is 4.79 Å². The van der Waals surface area contributed by atoms with E-state index in [1.165, 1.54) is 0 Å². The highest BCUT2D eigenvalue weighted by Crippen LogP contribution is 2.37. The van der Waals surface area contributed by atoms with Crippen LogP contribution in [0.4, 0.5) is 0 Å². The zero-order chi connectivity index (χ0) is 32.3. The summed E-state index contributed by atoms with van der Waals surface area (Å²) < 4.78 is 38.0. The molecule has 6 atom stereocenters. The van der Waals surface area contributed by atoms with Gasteiger partial charge in [-0.3, -0.25) is 28.8 Å². The molecular weight excluding hydrogens is 574 g/mol. The van der Waals surface area contributed by atoms with Crippen LogP contribution in [-0.4, -0.2) is 84.6 Å². The highest BCUT2D eigenvalue weighted by Gasteiger charge is 2.60. The molecule has 0 radical (unpaired) electrons. The topological polar surface area (TPSA) is 196 Å². The quantitative estimate of drug-likeness (QED) is 0.256. The lowest BCUT2D eigenvalue weighted by Crippen LogP contribution is -2.69. The van der Waals surface area contributed by atoms with Gasteiger partial charge < -0.3 is 38.5 Å². The molecule has 1 aromatic carbocycles. The van der Waals surface area contributed by atoms with Crippen molar-refractivity contribution in [3.05, 3.63) is 35.9 Å². The van der Waals surface area contributed by atoms with E-state index in [1.807, 2.05) is 0 Å². The number of rotatable bonds is 12. The Labute approximate surface area is 247 Å². The van der Waals surface area contributed by atoms with Crippen molar-refractivity contribution in [1.82, 2.24) is 5.32 Å². The largest absolute Gasteiger partial charge is 0.462 e. The van der Waals surface area contributed by atoms with Crippen LogP contribution in [0.3, 0.4) is 0 Å². The second-order valence-electron chi connectivity index (χ2n) is 9.59. The number of ether oxygens (including phenoxy) is 7. The zero-order valence-electron chi connectivity index (χ0n) is 24.6. The van der Waals surface area contributed by atoms with Gasteiger partial charge in [0, 0.05) is 41.5 Å². The maximum atomic E-state index is 13.6. The van der Waals surface area contributed by atoms with E-state index in [-0.39, 0.29) is 6.61 Å². The van der Waals surface area contributed by atoms with Crippen LogP contribution in [0.2, 0.25) is 0 Å². The number of benzene rings is 1. The van der Waals surface area contributed by atoms with Gasteiger partial charge in [-0.1, -0.05) is 30.3 Å². The van der Waals surface area contributed by atoms with Crippen LogP contribution >= 0.6 is 0 Å². The number of carbonyl (C=O) groups excluding carboxylic acids is 7. The summed E-state index contributed by atoms with van der Waals surface area (Å²) in [6.07, 6.45) is -7.13. The predicted octanol–water partition coefficient (Wildman–Crippen LogP) is 0.641. The first-order chi connectivity index (χ1) is 20.1. The van der Waals surface area contributed by atoms with Crippen LogP contribution in [0.5, 0.6) is 0 Å². The molecule has 0 unspecified atom stereocenters. The van der Waals surface area contributed by atoms with Gasteiger partial charge in [-0.2, -0.15) is 0 Å². The third-order valence-electron chi connectivity index (χ3n) is 5.83. The monoisotopic (exact) mass is 609 g/mol. The van der Waals surface area contributed by atoms with Gasteiger partial charge in [-0.15, -0.1) is 0 Å². The number of nitrogens with one attached hydrogen (secondary N) is 1. The molecule has 236 valence electrons. The molecule has 0 spiro atoms. The molecule has 1 heterocycles. The number of hydrogen-bond acceptors (Lipinski definition) is 14. The van der Waals surface area contributed by atoms with Crippen molar-refractivity contribution < 1.29 is 66.7 Å². The summed E-state index contributed by atoms with van der Waals surface area (Å²) in [7, 11) is 0. The van der Waals surface area contributed by atoms with E-state index in [9.17, 15) is 33.6 Å². The second-order valence-corrected chi connectivity index (χ2v) is 9.59. The molecule has 0 bridgehead atoms. The molecule has 1 amide bonds. The summed E-state index contributed by atoms with van der Waals surface area (Å²) in [6, 6.07) is 7.10. The second kappa shape index (κ2) is 15.6. The minimum Gasteiger partial charge on any atom is -0.462 e. The van der Waals surface area contributed by atoms with Crippen molar-refractivity contribution in [3.8, 4) is 0 Å². The van der Waals surface area contributed by atoms with Crippen molar-refractivity contribution in [2.75, 3.05) is 6.61 Å². The first-order valence-electron chi connectivity index (χ1n) is 13.1. The standard InChI is InChI=1S/C28H35NO14/c1-15(30)29-24-22(39-17(3)32)12-28(42-20(6)35,27(36)38-13-21-10-8-7-9-11-21)43-26(24)25(41-19(5)34)23(40-18(4)33)14-37-16(2)31/h7-11,22-26H,12-14H2,1-6H3,(H,29,30)/t22-,23+,24+,25+,26+,28-/m0/s1. The Hall–Kier alpha value is -4.53. The van der Waals surface area contributed by atoms with Crippen molar-refractivity contribution >= 4 is 41.7 Å². The van der Waals surface area contributed by atoms with Crippen molar-refractivity contribution in [3.63, 3.8) is 0 Å². The highest BCUT2D eigenvalue weighted by molar-refractivity contribution is 5.82. The number of carbonyl (C=O) groups is 7. The summed E-state index contributed by atoms with van der Waals surface area (Å²) in [4.78, 5) is 86.3. The van der Waals surface area contributed by atoms with E-state index in [4.69, 9.17) is 33.2 Å². The highest BCUT2D eigenvalue weighted by atomic mass is 16.8. The molecule has 15 heteroatoms. The van der Waals surface area contributed by atoms with Crippen LogP contribution in [0.1, 0.15) is 53.5 Å². The van der Waals surface area contributed by atoms with Gasteiger partial charge in [0.2, 0.25) is 5.91 Å². The predicted molar refractivity (Wildman–Crippen MR) is 141 cm³/mol. The first kappa shape index (κ1) is 34.7. The Bertz CT molecular complexity index is 1200. The Morgan fingerprint density at radius 2 is 1.47 bits per heavy atom. The fraction of sp³-hybridized carbons (Fsp3) is 0.536. The molecule has 0 aliphatic carbocycles. The van der Waals surface area contributed by atoms with Gasteiger partial charge >= 0.3 is 41.6 Å². The average molecular weight is 610 g/mol.